The van der Waals surface area contributed by atoms with Crippen LogP contribution >= 0.6 is 0 Å². The van der Waals surface area contributed by atoms with Crippen molar-refractivity contribution in [2.45, 2.75) is 37.8 Å². The third-order valence-electron chi connectivity index (χ3n) is 5.01. The number of carbonyl (C=O) groups is 1. The second-order valence-electron chi connectivity index (χ2n) is 7.04. The third kappa shape index (κ3) is 3.68. The molecule has 154 valence electrons. The van der Waals surface area contributed by atoms with Gasteiger partial charge < -0.3 is 4.90 Å². The zero-order chi connectivity index (χ0) is 20.8. The SMILES string of the molecule is O=C([C@@H]1CC=Cc2nn(Cc3ccc(C(F)(F)F)nc3)c(=O)n21)N1CC[C@H](F)C1. The van der Waals surface area contributed by atoms with Gasteiger partial charge >= 0.3 is 11.9 Å². The molecule has 11 heteroatoms. The molecule has 4 heterocycles. The molecule has 2 aromatic heterocycles. The summed E-state index contributed by atoms with van der Waals surface area (Å²) >= 11 is 0. The van der Waals surface area contributed by atoms with Crippen molar-refractivity contribution in [3.63, 3.8) is 0 Å². The predicted octanol–water partition coefficient (Wildman–Crippen LogP) is 2.04. The van der Waals surface area contributed by atoms with Gasteiger partial charge in [-0.15, -0.1) is 5.10 Å². The van der Waals surface area contributed by atoms with Gasteiger partial charge in [-0.05, 0) is 30.5 Å². The summed E-state index contributed by atoms with van der Waals surface area (Å²) < 4.78 is 53.7. The van der Waals surface area contributed by atoms with Gasteiger partial charge in [-0.3, -0.25) is 14.3 Å². The topological polar surface area (TPSA) is 73.0 Å². The molecule has 0 saturated carbocycles. The van der Waals surface area contributed by atoms with Gasteiger partial charge in [0.2, 0.25) is 5.91 Å². The molecule has 7 nitrogen and oxygen atoms in total. The Hall–Kier alpha value is -2.98. The zero-order valence-corrected chi connectivity index (χ0v) is 15.1. The molecule has 29 heavy (non-hydrogen) atoms. The van der Waals surface area contributed by atoms with E-state index in [0.29, 0.717) is 12.1 Å². The molecule has 1 fully saturated rings. The highest BCUT2D eigenvalue weighted by Gasteiger charge is 2.35. The van der Waals surface area contributed by atoms with E-state index in [0.717, 1.165) is 16.9 Å². The first-order valence-electron chi connectivity index (χ1n) is 9.05. The van der Waals surface area contributed by atoms with E-state index in [-0.39, 0.29) is 37.7 Å². The Balaban J connectivity index is 1.59. The van der Waals surface area contributed by atoms with Gasteiger partial charge in [-0.1, -0.05) is 12.1 Å². The Kier molecular flexibility index (Phi) is 4.75. The Labute approximate surface area is 162 Å². The average Bonchev–Trinajstić information content (AvgIpc) is 3.25. The Bertz CT molecular complexity index is 1010. The van der Waals surface area contributed by atoms with Crippen molar-refractivity contribution in [3.8, 4) is 0 Å². The number of halogens is 4. The van der Waals surface area contributed by atoms with E-state index < -0.39 is 29.8 Å². The number of likely N-dealkylation sites (tertiary alicyclic amines) is 1. The Morgan fingerprint density at radius 2 is 2.07 bits per heavy atom. The monoisotopic (exact) mass is 411 g/mol. The fraction of sp³-hybridized carbons (Fsp3) is 0.444. The maximum atomic E-state index is 13.5. The molecular formula is C18H17F4N5O2. The smallest absolute Gasteiger partial charge is 0.338 e. The van der Waals surface area contributed by atoms with Gasteiger partial charge in [-0.25, -0.2) is 13.9 Å². The predicted molar refractivity (Wildman–Crippen MR) is 93.6 cm³/mol. The van der Waals surface area contributed by atoms with Crippen molar-refractivity contribution in [2.75, 3.05) is 13.1 Å². The number of alkyl halides is 4. The summed E-state index contributed by atoms with van der Waals surface area (Å²) in [5.41, 5.74) is -1.22. The number of nitrogens with zero attached hydrogens (tertiary/aromatic N) is 5. The van der Waals surface area contributed by atoms with Gasteiger partial charge in [0.1, 0.15) is 17.9 Å². The number of aromatic nitrogens is 4. The number of rotatable bonds is 3. The van der Waals surface area contributed by atoms with E-state index in [1.165, 1.54) is 15.5 Å². The van der Waals surface area contributed by atoms with Crippen molar-refractivity contribution in [1.82, 2.24) is 24.2 Å². The lowest BCUT2D eigenvalue weighted by atomic mass is 10.1. The van der Waals surface area contributed by atoms with Crippen molar-refractivity contribution < 1.29 is 22.4 Å². The second kappa shape index (κ2) is 7.12. The van der Waals surface area contributed by atoms with E-state index in [4.69, 9.17) is 0 Å². The van der Waals surface area contributed by atoms with Crippen molar-refractivity contribution in [2.24, 2.45) is 0 Å². The third-order valence-corrected chi connectivity index (χ3v) is 5.01. The van der Waals surface area contributed by atoms with E-state index in [1.54, 1.807) is 12.2 Å². The molecule has 0 aromatic carbocycles. The molecule has 1 amide bonds. The minimum absolute atomic E-state index is 0.00842. The normalized spacial score (nSPS) is 21.4. The van der Waals surface area contributed by atoms with Gasteiger partial charge in [0.25, 0.3) is 0 Å². The summed E-state index contributed by atoms with van der Waals surface area (Å²) in [5.74, 6) is -0.0657. The summed E-state index contributed by atoms with van der Waals surface area (Å²) in [5, 5.41) is 4.18. The quantitative estimate of drug-likeness (QED) is 0.725. The highest BCUT2D eigenvalue weighted by molar-refractivity contribution is 5.82. The van der Waals surface area contributed by atoms with Gasteiger partial charge in [0.15, 0.2) is 5.82 Å². The van der Waals surface area contributed by atoms with E-state index in [1.807, 2.05) is 0 Å². The van der Waals surface area contributed by atoms with E-state index >= 15 is 0 Å². The fourth-order valence-electron chi connectivity index (χ4n) is 3.55. The fourth-order valence-corrected chi connectivity index (χ4v) is 3.55. The molecule has 2 aliphatic heterocycles. The molecule has 4 rings (SSSR count). The van der Waals surface area contributed by atoms with Crippen LogP contribution < -0.4 is 5.69 Å². The molecular weight excluding hydrogens is 394 g/mol. The van der Waals surface area contributed by atoms with Crippen molar-refractivity contribution in [1.29, 1.82) is 0 Å². The molecule has 0 spiro atoms. The van der Waals surface area contributed by atoms with Crippen LogP contribution in [0.15, 0.2) is 29.2 Å². The number of carbonyl (C=O) groups excluding carboxylic acids is 1. The molecule has 2 aliphatic rings. The van der Waals surface area contributed by atoms with Gasteiger partial charge in [0, 0.05) is 12.7 Å². The van der Waals surface area contributed by atoms with Gasteiger partial charge in [0.05, 0.1) is 13.1 Å². The highest BCUT2D eigenvalue weighted by Crippen LogP contribution is 2.27. The first kappa shape index (κ1) is 19.3. The van der Waals surface area contributed by atoms with Crippen LogP contribution in [-0.2, 0) is 17.5 Å². The van der Waals surface area contributed by atoms with Crippen molar-refractivity contribution >= 4 is 12.0 Å². The van der Waals surface area contributed by atoms with Crippen LogP contribution in [0.25, 0.3) is 6.08 Å². The molecule has 2 aromatic rings. The first-order valence-corrected chi connectivity index (χ1v) is 9.05. The largest absolute Gasteiger partial charge is 0.433 e. The first-order chi connectivity index (χ1) is 13.7. The van der Waals surface area contributed by atoms with Crippen LogP contribution in [-0.4, -0.2) is 49.4 Å². The van der Waals surface area contributed by atoms with Gasteiger partial charge in [-0.2, -0.15) is 13.2 Å². The molecule has 0 N–H and O–H groups in total. The number of fused-ring (bicyclic) bond motifs is 1. The maximum absolute atomic E-state index is 13.5. The van der Waals surface area contributed by atoms with Crippen LogP contribution in [0.5, 0.6) is 0 Å². The maximum Gasteiger partial charge on any atom is 0.433 e. The standard InChI is InChI=1S/C18H17F4N5O2/c19-12-6-7-25(10-12)16(28)13-2-1-3-15-24-26(17(29)27(13)15)9-11-4-5-14(23-8-11)18(20,21)22/h1,3-5,8,12-13H,2,6-7,9-10H2/t12-,13-/m0/s1. The molecule has 2 atom stereocenters. The molecule has 0 aliphatic carbocycles. The lowest BCUT2D eigenvalue weighted by Crippen LogP contribution is -2.40. The molecule has 0 radical (unpaired) electrons. The van der Waals surface area contributed by atoms with E-state index in [9.17, 15) is 27.2 Å². The number of pyridine rings is 1. The zero-order valence-electron chi connectivity index (χ0n) is 15.1. The Morgan fingerprint density at radius 3 is 2.69 bits per heavy atom. The summed E-state index contributed by atoms with van der Waals surface area (Å²) in [6, 6.07) is 1.25. The number of hydrogen-bond donors (Lipinski definition) is 0. The summed E-state index contributed by atoms with van der Waals surface area (Å²) in [6.07, 6.45) is -0.689. The van der Waals surface area contributed by atoms with Crippen LogP contribution in [0.2, 0.25) is 0 Å². The summed E-state index contributed by atoms with van der Waals surface area (Å²) in [7, 11) is 0. The van der Waals surface area contributed by atoms with Crippen molar-refractivity contribution in [3.05, 3.63) is 52.0 Å². The van der Waals surface area contributed by atoms with Crippen LogP contribution in [0.3, 0.4) is 0 Å². The summed E-state index contributed by atoms with van der Waals surface area (Å²) in [4.78, 5) is 30.4. The minimum Gasteiger partial charge on any atom is -0.338 e. The number of hydrogen-bond acceptors (Lipinski definition) is 4. The molecule has 0 unspecified atom stereocenters. The second-order valence-corrected chi connectivity index (χ2v) is 7.04. The lowest BCUT2D eigenvalue weighted by Gasteiger charge is -2.24. The number of allylic oxidation sites excluding steroid dienone is 1. The van der Waals surface area contributed by atoms with E-state index in [2.05, 4.69) is 10.1 Å². The number of amides is 1. The van der Waals surface area contributed by atoms with Crippen LogP contribution in [0.4, 0.5) is 17.6 Å². The summed E-state index contributed by atoms with van der Waals surface area (Å²) in [6.45, 7) is 0.221. The van der Waals surface area contributed by atoms with Crippen LogP contribution in [0, 0.1) is 0 Å². The lowest BCUT2D eigenvalue weighted by molar-refractivity contribution is -0.141. The van der Waals surface area contributed by atoms with Crippen LogP contribution in [0.1, 0.15) is 36.0 Å². The molecule has 1 saturated heterocycles. The average molecular weight is 411 g/mol. The Morgan fingerprint density at radius 1 is 1.28 bits per heavy atom. The highest BCUT2D eigenvalue weighted by atomic mass is 19.4. The minimum atomic E-state index is -4.55. The molecule has 0 bridgehead atoms.